The molecule has 0 saturated carbocycles. The molecule has 0 atom stereocenters. The number of benzene rings is 2. The quantitative estimate of drug-likeness (QED) is 0.598. The van der Waals surface area contributed by atoms with E-state index < -0.39 is 17.6 Å². The first kappa shape index (κ1) is 17.5. The average molecular weight is 381 g/mol. The fraction of sp³-hybridized carbons (Fsp3) is 0.0588. The van der Waals surface area contributed by atoms with E-state index in [0.717, 1.165) is 28.8 Å². The number of phenolic OH excluding ortho intramolecular Hbond substituents is 1. The van der Waals surface area contributed by atoms with Crippen molar-refractivity contribution in [3.8, 4) is 5.75 Å². The summed E-state index contributed by atoms with van der Waals surface area (Å²) in [5, 5.41) is 9.28. The van der Waals surface area contributed by atoms with Crippen molar-refractivity contribution in [3.63, 3.8) is 0 Å². The van der Waals surface area contributed by atoms with Gasteiger partial charge in [0.2, 0.25) is 0 Å². The van der Waals surface area contributed by atoms with Crippen LogP contribution in [0.4, 0.5) is 18.9 Å². The van der Waals surface area contributed by atoms with Gasteiger partial charge in [0, 0.05) is 0 Å². The third-order valence-electron chi connectivity index (χ3n) is 3.42. The second-order valence-corrected chi connectivity index (χ2v) is 6.83. The minimum atomic E-state index is -4.50. The molecule has 3 rings (SSSR count). The lowest BCUT2D eigenvalue weighted by Gasteiger charge is -2.16. The summed E-state index contributed by atoms with van der Waals surface area (Å²) < 4.78 is 38.8. The zero-order valence-electron chi connectivity index (χ0n) is 12.4. The van der Waals surface area contributed by atoms with Crippen molar-refractivity contribution in [2.45, 2.75) is 6.18 Å². The molecule has 0 bridgehead atoms. The molecule has 1 aliphatic rings. The number of anilines is 1. The van der Waals surface area contributed by atoms with E-state index in [1.54, 1.807) is 18.2 Å². The second kappa shape index (κ2) is 6.53. The zero-order chi connectivity index (χ0) is 18.2. The van der Waals surface area contributed by atoms with Gasteiger partial charge in [-0.15, -0.1) is 0 Å². The van der Waals surface area contributed by atoms with Crippen LogP contribution in [0, 0.1) is 0 Å². The van der Waals surface area contributed by atoms with Gasteiger partial charge < -0.3 is 5.11 Å². The molecular weight excluding hydrogens is 371 g/mol. The standard InChI is InChI=1S/C17H10F3NO2S2/c18-17(19,20)11-2-1-3-12(9-11)21-15(23)14(25-16(21)24)8-10-4-6-13(22)7-5-10/h1-9,22H. The largest absolute Gasteiger partial charge is 0.508 e. The molecule has 0 spiro atoms. The monoisotopic (exact) mass is 381 g/mol. The Morgan fingerprint density at radius 3 is 2.44 bits per heavy atom. The number of thiocarbonyl (C=S) groups is 1. The molecule has 1 fully saturated rings. The van der Waals surface area contributed by atoms with Crippen LogP contribution in [0.3, 0.4) is 0 Å². The van der Waals surface area contributed by atoms with Crippen LogP contribution < -0.4 is 4.90 Å². The first-order valence-electron chi connectivity index (χ1n) is 7.00. The molecule has 8 heteroatoms. The van der Waals surface area contributed by atoms with Crippen LogP contribution in [-0.2, 0) is 11.0 Å². The predicted octanol–water partition coefficient (Wildman–Crippen LogP) is 4.82. The Balaban J connectivity index is 1.93. The summed E-state index contributed by atoms with van der Waals surface area (Å²) in [6.07, 6.45) is -2.93. The number of alkyl halides is 3. The number of nitrogens with zero attached hydrogens (tertiary/aromatic N) is 1. The van der Waals surface area contributed by atoms with E-state index in [-0.39, 0.29) is 15.8 Å². The van der Waals surface area contributed by atoms with Crippen LogP contribution in [0.1, 0.15) is 11.1 Å². The number of aromatic hydroxyl groups is 1. The van der Waals surface area contributed by atoms with E-state index in [1.807, 2.05) is 0 Å². The number of rotatable bonds is 2. The average Bonchev–Trinajstić information content (AvgIpc) is 2.83. The molecule has 0 unspecified atom stereocenters. The Morgan fingerprint density at radius 2 is 1.80 bits per heavy atom. The van der Waals surface area contributed by atoms with Crippen molar-refractivity contribution in [1.29, 1.82) is 0 Å². The van der Waals surface area contributed by atoms with E-state index in [1.165, 1.54) is 24.3 Å². The smallest absolute Gasteiger partial charge is 0.416 e. The van der Waals surface area contributed by atoms with Crippen LogP contribution in [0.15, 0.2) is 53.4 Å². The van der Waals surface area contributed by atoms with Gasteiger partial charge in [-0.25, -0.2) is 0 Å². The number of hydrogen-bond acceptors (Lipinski definition) is 4. The molecule has 1 amide bonds. The molecule has 1 heterocycles. The van der Waals surface area contributed by atoms with Crippen LogP contribution >= 0.6 is 24.0 Å². The summed E-state index contributed by atoms with van der Waals surface area (Å²) in [5.41, 5.74) is -0.102. The van der Waals surface area contributed by atoms with Gasteiger partial charge in [0.1, 0.15) is 5.75 Å². The highest BCUT2D eigenvalue weighted by Crippen LogP contribution is 2.38. The SMILES string of the molecule is O=C1C(=Cc2ccc(O)cc2)SC(=S)N1c1cccc(C(F)(F)F)c1. The lowest BCUT2D eigenvalue weighted by Crippen LogP contribution is -2.27. The third-order valence-corrected chi connectivity index (χ3v) is 4.72. The van der Waals surface area contributed by atoms with Gasteiger partial charge in [0.25, 0.3) is 5.91 Å². The van der Waals surface area contributed by atoms with Gasteiger partial charge in [-0.3, -0.25) is 9.69 Å². The molecule has 2 aromatic carbocycles. The lowest BCUT2D eigenvalue weighted by molar-refractivity contribution is -0.137. The van der Waals surface area contributed by atoms with Crippen molar-refractivity contribution in [2.24, 2.45) is 0 Å². The van der Waals surface area contributed by atoms with Gasteiger partial charge in [-0.2, -0.15) is 13.2 Å². The molecule has 0 aromatic heterocycles. The summed E-state index contributed by atoms with van der Waals surface area (Å²) in [7, 11) is 0. The molecular formula is C17H10F3NO2S2. The maximum atomic E-state index is 12.9. The Labute approximate surface area is 150 Å². The van der Waals surface area contributed by atoms with Crippen molar-refractivity contribution < 1.29 is 23.1 Å². The Morgan fingerprint density at radius 1 is 1.12 bits per heavy atom. The van der Waals surface area contributed by atoms with Crippen molar-refractivity contribution in [2.75, 3.05) is 4.90 Å². The van der Waals surface area contributed by atoms with Gasteiger partial charge in [0.05, 0.1) is 16.2 Å². The molecule has 1 aliphatic heterocycles. The highest BCUT2D eigenvalue weighted by molar-refractivity contribution is 8.27. The summed E-state index contributed by atoms with van der Waals surface area (Å²) in [5.74, 6) is -0.393. The Bertz CT molecular complexity index is 876. The van der Waals surface area contributed by atoms with Crippen LogP contribution in [0.2, 0.25) is 0 Å². The summed E-state index contributed by atoms with van der Waals surface area (Å²) in [4.78, 5) is 14.0. The normalized spacial score (nSPS) is 16.8. The highest BCUT2D eigenvalue weighted by Gasteiger charge is 2.36. The van der Waals surface area contributed by atoms with Crippen LogP contribution in [0.5, 0.6) is 5.75 Å². The maximum absolute atomic E-state index is 12.9. The third kappa shape index (κ3) is 3.69. The van der Waals surface area contributed by atoms with Gasteiger partial charge in [-0.05, 0) is 42.0 Å². The lowest BCUT2D eigenvalue weighted by atomic mass is 10.1. The first-order valence-corrected chi connectivity index (χ1v) is 8.22. The number of thioether (sulfide) groups is 1. The van der Waals surface area contributed by atoms with Gasteiger partial charge >= 0.3 is 6.18 Å². The molecule has 3 nitrogen and oxygen atoms in total. The molecule has 0 radical (unpaired) electrons. The number of carbonyl (C=O) groups excluding carboxylic acids is 1. The predicted molar refractivity (Wildman–Crippen MR) is 95.2 cm³/mol. The summed E-state index contributed by atoms with van der Waals surface area (Å²) >= 11 is 6.17. The molecule has 2 aromatic rings. The van der Waals surface area contributed by atoms with Crippen molar-refractivity contribution in [3.05, 3.63) is 64.6 Å². The molecule has 1 saturated heterocycles. The van der Waals surface area contributed by atoms with E-state index in [4.69, 9.17) is 12.2 Å². The van der Waals surface area contributed by atoms with E-state index in [9.17, 15) is 23.1 Å². The highest BCUT2D eigenvalue weighted by atomic mass is 32.2. The van der Waals surface area contributed by atoms with E-state index >= 15 is 0 Å². The molecule has 25 heavy (non-hydrogen) atoms. The maximum Gasteiger partial charge on any atom is 0.416 e. The number of hydrogen-bond donors (Lipinski definition) is 1. The summed E-state index contributed by atoms with van der Waals surface area (Å²) in [6, 6.07) is 10.7. The topological polar surface area (TPSA) is 40.5 Å². The molecule has 0 aliphatic carbocycles. The molecule has 1 N–H and O–H groups in total. The fourth-order valence-corrected chi connectivity index (χ4v) is 3.53. The summed E-state index contributed by atoms with van der Waals surface area (Å²) in [6.45, 7) is 0. The molecule has 128 valence electrons. The number of amides is 1. The van der Waals surface area contributed by atoms with Crippen molar-refractivity contribution in [1.82, 2.24) is 0 Å². The van der Waals surface area contributed by atoms with Crippen LogP contribution in [0.25, 0.3) is 6.08 Å². The Kier molecular flexibility index (Phi) is 4.57. The minimum absolute atomic E-state index is 0.0754. The van der Waals surface area contributed by atoms with Gasteiger partial charge in [-0.1, -0.05) is 42.2 Å². The second-order valence-electron chi connectivity index (χ2n) is 5.16. The fourth-order valence-electron chi connectivity index (χ4n) is 2.23. The zero-order valence-corrected chi connectivity index (χ0v) is 14.1. The van der Waals surface area contributed by atoms with Gasteiger partial charge in [0.15, 0.2) is 4.32 Å². The van der Waals surface area contributed by atoms with E-state index in [2.05, 4.69) is 0 Å². The van der Waals surface area contributed by atoms with Crippen molar-refractivity contribution >= 4 is 46.0 Å². The number of phenols is 1. The minimum Gasteiger partial charge on any atom is -0.508 e. The first-order chi connectivity index (χ1) is 11.8. The van der Waals surface area contributed by atoms with E-state index in [0.29, 0.717) is 10.5 Å². The Hall–Kier alpha value is -2.32. The number of carbonyl (C=O) groups is 1. The van der Waals surface area contributed by atoms with Crippen LogP contribution in [-0.4, -0.2) is 15.3 Å². The number of halogens is 3.